The number of unbranched alkanes of at least 4 members (excludes halogenated alkanes) is 2. The van der Waals surface area contributed by atoms with E-state index in [4.69, 9.17) is 38.4 Å². The Morgan fingerprint density at radius 2 is 1.61 bits per heavy atom. The van der Waals surface area contributed by atoms with E-state index >= 15 is 0 Å². The Balaban J connectivity index is 1.28. The number of benzene rings is 4. The van der Waals surface area contributed by atoms with Crippen molar-refractivity contribution in [2.75, 3.05) is 33.7 Å². The number of aliphatic hydroxyl groups is 2. The molecule has 3 N–H and O–H groups in total. The van der Waals surface area contributed by atoms with Crippen molar-refractivity contribution in [3.05, 3.63) is 144 Å². The molecule has 1 saturated carbocycles. The maximum absolute atomic E-state index is 14.4. The molecule has 2 aliphatic carbocycles. The van der Waals surface area contributed by atoms with Gasteiger partial charge in [-0.15, -0.1) is 6.58 Å². The first-order chi connectivity index (χ1) is 32.3. The van der Waals surface area contributed by atoms with Crippen molar-refractivity contribution in [1.82, 2.24) is 10.2 Å². The summed E-state index contributed by atoms with van der Waals surface area (Å²) in [5.74, 6) is -0.514. The van der Waals surface area contributed by atoms with Gasteiger partial charge in [0.1, 0.15) is 24.1 Å². The number of oxime groups is 1. The van der Waals surface area contributed by atoms with Crippen molar-refractivity contribution < 1.29 is 53.1 Å². The van der Waals surface area contributed by atoms with E-state index in [-0.39, 0.29) is 70.5 Å². The highest BCUT2D eigenvalue weighted by atomic mass is 16.7. The third-order valence-corrected chi connectivity index (χ3v) is 13.0. The maximum atomic E-state index is 14.4. The number of carbonyl (C=O) groups excluding carboxylic acids is 2. The molecule has 0 saturated heterocycles. The molecule has 6 atom stereocenters. The van der Waals surface area contributed by atoms with Crippen LogP contribution in [0.5, 0.6) is 23.0 Å². The first kappa shape index (κ1) is 46.2. The van der Waals surface area contributed by atoms with Gasteiger partial charge in [-0.05, 0) is 90.1 Å². The zero-order chi connectivity index (χ0) is 45.9. The lowest BCUT2D eigenvalue weighted by molar-refractivity contribution is -0.256. The Morgan fingerprint density at radius 3 is 2.35 bits per heavy atom. The summed E-state index contributed by atoms with van der Waals surface area (Å²) in [6, 6.07) is 29.5. The first-order valence-electron chi connectivity index (χ1n) is 22.8. The molecule has 2 amide bonds. The lowest BCUT2D eigenvalue weighted by atomic mass is 9.55. The molecule has 0 bridgehead atoms. The second-order valence-corrected chi connectivity index (χ2v) is 17.0. The zero-order valence-corrected chi connectivity index (χ0v) is 37.3. The molecule has 8 rings (SSSR count). The smallest absolute Gasteiger partial charge is 0.412 e. The lowest BCUT2D eigenvalue weighted by Gasteiger charge is -2.59. The van der Waals surface area contributed by atoms with E-state index in [1.165, 1.54) is 7.11 Å². The molecule has 2 aliphatic heterocycles. The molecule has 66 heavy (non-hydrogen) atoms. The molecular formula is C52H59N3O11. The van der Waals surface area contributed by atoms with Crippen molar-refractivity contribution in [3.63, 3.8) is 0 Å². The van der Waals surface area contributed by atoms with Crippen molar-refractivity contribution in [2.24, 2.45) is 22.9 Å². The summed E-state index contributed by atoms with van der Waals surface area (Å²) in [5, 5.41) is 27.7. The van der Waals surface area contributed by atoms with E-state index in [0.29, 0.717) is 41.6 Å². The first-order valence-corrected chi connectivity index (χ1v) is 22.8. The van der Waals surface area contributed by atoms with E-state index < -0.39 is 29.9 Å². The molecule has 0 radical (unpaired) electrons. The van der Waals surface area contributed by atoms with Crippen molar-refractivity contribution >= 4 is 17.9 Å². The number of rotatable bonds is 20. The molecule has 0 spiro atoms. The monoisotopic (exact) mass is 901 g/mol. The van der Waals surface area contributed by atoms with Crippen molar-refractivity contribution in [1.29, 1.82) is 0 Å². The van der Waals surface area contributed by atoms with Gasteiger partial charge in [-0.25, -0.2) is 9.59 Å². The minimum Gasteiger partial charge on any atom is -0.459 e. The van der Waals surface area contributed by atoms with Gasteiger partial charge >= 0.3 is 12.2 Å². The molecule has 348 valence electrons. The Kier molecular flexibility index (Phi) is 15.2. The minimum absolute atomic E-state index is 0.00508. The van der Waals surface area contributed by atoms with E-state index in [1.807, 2.05) is 84.9 Å². The van der Waals surface area contributed by atoms with Crippen LogP contribution in [0.2, 0.25) is 0 Å². The Labute approximate surface area is 385 Å². The number of aliphatic hydroxyl groups excluding tert-OH is 2. The van der Waals surface area contributed by atoms with Crippen molar-refractivity contribution in [2.45, 2.75) is 82.4 Å². The van der Waals surface area contributed by atoms with Gasteiger partial charge in [0.2, 0.25) is 12.6 Å². The van der Waals surface area contributed by atoms with Crippen LogP contribution >= 0.6 is 0 Å². The van der Waals surface area contributed by atoms with Crippen LogP contribution in [0, 0.1) is 17.8 Å². The molecule has 0 unspecified atom stereocenters. The predicted octanol–water partition coefficient (Wildman–Crippen LogP) is 8.81. The highest BCUT2D eigenvalue weighted by Crippen LogP contribution is 2.62. The van der Waals surface area contributed by atoms with Crippen molar-refractivity contribution in [3.8, 4) is 23.0 Å². The third kappa shape index (κ3) is 10.2. The largest absolute Gasteiger partial charge is 0.459 e. The van der Waals surface area contributed by atoms with Gasteiger partial charge in [-0.3, -0.25) is 4.90 Å². The second kappa shape index (κ2) is 21.8. The molecule has 4 aromatic carbocycles. The van der Waals surface area contributed by atoms with Gasteiger partial charge < -0.3 is 48.8 Å². The summed E-state index contributed by atoms with van der Waals surface area (Å²) in [6.45, 7) is 4.91. The second-order valence-electron chi connectivity index (χ2n) is 17.0. The number of ether oxygens (including phenoxy) is 6. The Bertz CT molecular complexity index is 2360. The van der Waals surface area contributed by atoms with Crippen LogP contribution in [-0.4, -0.2) is 78.6 Å². The summed E-state index contributed by atoms with van der Waals surface area (Å²) in [6.07, 6.45) is 7.15. The summed E-state index contributed by atoms with van der Waals surface area (Å²) in [4.78, 5) is 35.6. The zero-order valence-electron chi connectivity index (χ0n) is 37.3. The molecule has 0 aromatic heterocycles. The number of allylic oxidation sites excluding steroid dienone is 1. The van der Waals surface area contributed by atoms with Crippen LogP contribution in [0.15, 0.2) is 127 Å². The average molecular weight is 902 g/mol. The van der Waals surface area contributed by atoms with Crippen LogP contribution in [0.3, 0.4) is 0 Å². The SMILES string of the molecule is C=CCO[C@@]12Oc3ccc(OC(=O)NCc4ccccc4)cc3[C@H]3[C@H](CCCCO)[C@@H](CCCCO)C=C(C(=NOCc4ccccc4)C[C@@H]1N(Cc1ccc4c(c1)OCO4)C(=O)OC)[C@H]32. The summed E-state index contributed by atoms with van der Waals surface area (Å²) in [7, 11) is 1.35. The quantitative estimate of drug-likeness (QED) is 0.0441. The third-order valence-electron chi connectivity index (χ3n) is 13.0. The molecule has 4 aromatic rings. The van der Waals surface area contributed by atoms with Gasteiger partial charge in [-0.2, -0.15) is 0 Å². The van der Waals surface area contributed by atoms with Crippen LogP contribution in [0.4, 0.5) is 9.59 Å². The normalized spacial score (nSPS) is 22.8. The number of fused-ring (bicyclic) bond motifs is 3. The lowest BCUT2D eigenvalue weighted by Crippen LogP contribution is -2.70. The van der Waals surface area contributed by atoms with Gasteiger partial charge in [0.25, 0.3) is 0 Å². The topological polar surface area (TPSA) is 167 Å². The fourth-order valence-electron chi connectivity index (χ4n) is 10.0. The van der Waals surface area contributed by atoms with Gasteiger partial charge in [0, 0.05) is 44.2 Å². The van der Waals surface area contributed by atoms with E-state index in [1.54, 1.807) is 23.1 Å². The van der Waals surface area contributed by atoms with E-state index in [2.05, 4.69) is 18.0 Å². The molecule has 2 heterocycles. The number of hydrogen-bond donors (Lipinski definition) is 3. The van der Waals surface area contributed by atoms with Gasteiger partial charge in [0.05, 0.1) is 25.3 Å². The number of amides is 2. The van der Waals surface area contributed by atoms with Gasteiger partial charge in [-0.1, -0.05) is 96.9 Å². The van der Waals surface area contributed by atoms with Crippen LogP contribution in [0.1, 0.15) is 73.1 Å². The highest BCUT2D eigenvalue weighted by molar-refractivity contribution is 6.03. The van der Waals surface area contributed by atoms with Gasteiger partial charge in [0.15, 0.2) is 11.5 Å². The van der Waals surface area contributed by atoms with E-state index in [9.17, 15) is 19.8 Å². The predicted molar refractivity (Wildman–Crippen MR) is 246 cm³/mol. The molecule has 4 aliphatic rings. The Hall–Kier alpha value is -6.35. The van der Waals surface area contributed by atoms with Crippen LogP contribution < -0.4 is 24.3 Å². The number of hydrogen-bond acceptors (Lipinski definition) is 12. The minimum atomic E-state index is -1.54. The maximum Gasteiger partial charge on any atom is 0.412 e. The number of carbonyl (C=O) groups is 2. The number of methoxy groups -OCH3 is 1. The molecule has 14 nitrogen and oxygen atoms in total. The average Bonchev–Trinajstić information content (AvgIpc) is 3.82. The number of nitrogens with one attached hydrogen (secondary N) is 1. The standard InChI is InChI=1S/C52H59N3O11/c1-3-26-63-52-47(55(51(59)60-2)32-37-20-22-45-46(27-37)62-34-61-45)30-43(54-64-33-36-16-8-5-9-17-36)41-28-38(18-10-12-24-56)40(19-11-13-25-57)48(49(41)52)42-29-39(21-23-44(42)66-52)65-50(58)53-31-35-14-6-4-7-15-35/h3-9,14-17,20-23,27-29,38,40,47-49,56-57H,1,10-13,18-19,24-26,30-34H2,2H3,(H,53,58)/t38-,40+,47-,48+,49+,52+/m0/s1. The Morgan fingerprint density at radius 1 is 0.879 bits per heavy atom. The van der Waals surface area contributed by atoms with Crippen LogP contribution in [0.25, 0.3) is 0 Å². The fraction of sp³-hybridized carbons (Fsp3) is 0.404. The molecular weight excluding hydrogens is 843 g/mol. The molecule has 14 heteroatoms. The highest BCUT2D eigenvalue weighted by Gasteiger charge is 2.65. The summed E-state index contributed by atoms with van der Waals surface area (Å²) >= 11 is 0. The van der Waals surface area contributed by atoms with Crippen LogP contribution in [-0.2, 0) is 34.0 Å². The molecule has 1 fully saturated rings. The summed E-state index contributed by atoms with van der Waals surface area (Å²) in [5.41, 5.74) is 4.94. The fourth-order valence-corrected chi connectivity index (χ4v) is 10.0. The summed E-state index contributed by atoms with van der Waals surface area (Å²) < 4.78 is 37.3. The van der Waals surface area contributed by atoms with E-state index in [0.717, 1.165) is 53.5 Å². The number of nitrogens with zero attached hydrogens (tertiary/aromatic N) is 2.